The van der Waals surface area contributed by atoms with Crippen molar-refractivity contribution in [3.05, 3.63) is 38.6 Å². The van der Waals surface area contributed by atoms with Crippen LogP contribution in [0.25, 0.3) is 0 Å². The highest BCUT2D eigenvalue weighted by molar-refractivity contribution is 9.10. The lowest BCUT2D eigenvalue weighted by molar-refractivity contribution is 0.398. The lowest BCUT2D eigenvalue weighted by atomic mass is 10.1. The van der Waals surface area contributed by atoms with Crippen LogP contribution in [0.1, 0.15) is 35.8 Å². The summed E-state index contributed by atoms with van der Waals surface area (Å²) in [6, 6.07) is 4.14. The third-order valence-corrected chi connectivity index (χ3v) is 3.91. The van der Waals surface area contributed by atoms with Gasteiger partial charge in [0.15, 0.2) is 4.67 Å². The Morgan fingerprint density at radius 1 is 1.50 bits per heavy atom. The van der Waals surface area contributed by atoms with Crippen LogP contribution in [-0.4, -0.2) is 11.5 Å². The number of nitrogens with zero attached hydrogens (tertiary/aromatic N) is 1. The average Bonchev–Trinajstić information content (AvgIpc) is 2.93. The van der Waals surface area contributed by atoms with Crippen LogP contribution in [0.2, 0.25) is 0 Å². The number of hydrogen-bond acceptors (Lipinski definition) is 4. The van der Waals surface area contributed by atoms with E-state index in [4.69, 9.17) is 4.42 Å². The van der Waals surface area contributed by atoms with E-state index < -0.39 is 0 Å². The molecule has 0 aliphatic carbocycles. The molecule has 0 fully saturated rings. The first kappa shape index (κ1) is 13.8. The van der Waals surface area contributed by atoms with Gasteiger partial charge in [0.05, 0.1) is 16.7 Å². The number of thiazole rings is 1. The number of hydrogen-bond donors (Lipinski definition) is 1. The number of aryl methyl sites for hydroxylation is 1. The molecule has 1 atom stereocenters. The Bertz CT molecular complexity index is 495. The molecule has 0 aromatic carbocycles. The van der Waals surface area contributed by atoms with Crippen molar-refractivity contribution in [1.29, 1.82) is 0 Å². The standard InChI is InChI=1S/C13H17BrN2OS/c1-3-6-15-11(12-4-5-13(14)17-12)7-10-8-18-9(2)16-10/h4-5,8,11,15H,3,6-7H2,1-2H3. The first-order valence-electron chi connectivity index (χ1n) is 6.08. The second-order valence-electron chi connectivity index (χ2n) is 4.21. The highest BCUT2D eigenvalue weighted by Gasteiger charge is 2.16. The molecule has 18 heavy (non-hydrogen) atoms. The van der Waals surface area contributed by atoms with Crippen molar-refractivity contribution in [1.82, 2.24) is 10.3 Å². The Morgan fingerprint density at radius 3 is 2.89 bits per heavy atom. The van der Waals surface area contributed by atoms with Crippen LogP contribution in [0.15, 0.2) is 26.6 Å². The first-order chi connectivity index (χ1) is 8.69. The highest BCUT2D eigenvalue weighted by Crippen LogP contribution is 2.24. The van der Waals surface area contributed by atoms with E-state index in [0.29, 0.717) is 0 Å². The summed E-state index contributed by atoms with van der Waals surface area (Å²) in [5.41, 5.74) is 1.12. The minimum Gasteiger partial charge on any atom is -0.453 e. The van der Waals surface area contributed by atoms with E-state index in [2.05, 4.69) is 38.5 Å². The van der Waals surface area contributed by atoms with Crippen LogP contribution in [0.4, 0.5) is 0 Å². The predicted molar refractivity (Wildman–Crippen MR) is 78.0 cm³/mol. The third-order valence-electron chi connectivity index (χ3n) is 2.66. The summed E-state index contributed by atoms with van der Waals surface area (Å²) < 4.78 is 6.42. The molecular weight excluding hydrogens is 312 g/mol. The largest absolute Gasteiger partial charge is 0.453 e. The van der Waals surface area contributed by atoms with Crippen molar-refractivity contribution < 1.29 is 4.42 Å². The van der Waals surface area contributed by atoms with Gasteiger partial charge in [0.2, 0.25) is 0 Å². The van der Waals surface area contributed by atoms with Gasteiger partial charge in [0.1, 0.15) is 5.76 Å². The number of halogens is 1. The molecule has 98 valence electrons. The van der Waals surface area contributed by atoms with Gasteiger partial charge in [0, 0.05) is 11.8 Å². The summed E-state index contributed by atoms with van der Waals surface area (Å²) in [4.78, 5) is 4.52. The van der Waals surface area contributed by atoms with E-state index >= 15 is 0 Å². The maximum Gasteiger partial charge on any atom is 0.169 e. The SMILES string of the molecule is CCCNC(Cc1csc(C)n1)c1ccc(Br)o1. The lowest BCUT2D eigenvalue weighted by Gasteiger charge is -2.14. The second-order valence-corrected chi connectivity index (χ2v) is 6.05. The van der Waals surface area contributed by atoms with E-state index in [9.17, 15) is 0 Å². The minimum atomic E-state index is 0.192. The second kappa shape index (κ2) is 6.50. The van der Waals surface area contributed by atoms with Crippen LogP contribution in [0.3, 0.4) is 0 Å². The molecule has 0 aliphatic heterocycles. The molecule has 0 radical (unpaired) electrons. The molecule has 2 aromatic heterocycles. The Kier molecular flexibility index (Phi) is 4.97. The van der Waals surface area contributed by atoms with Crippen molar-refractivity contribution in [2.24, 2.45) is 0 Å². The maximum absolute atomic E-state index is 5.65. The van der Waals surface area contributed by atoms with Crippen molar-refractivity contribution in [3.8, 4) is 0 Å². The zero-order valence-electron chi connectivity index (χ0n) is 10.6. The number of furan rings is 1. The van der Waals surface area contributed by atoms with Gasteiger partial charge in [-0.1, -0.05) is 6.92 Å². The van der Waals surface area contributed by atoms with Gasteiger partial charge in [-0.15, -0.1) is 11.3 Å². The third kappa shape index (κ3) is 3.67. The Hall–Kier alpha value is -0.650. The molecule has 0 saturated carbocycles. The molecule has 0 spiro atoms. The van der Waals surface area contributed by atoms with Gasteiger partial charge in [-0.2, -0.15) is 0 Å². The summed E-state index contributed by atoms with van der Waals surface area (Å²) in [5.74, 6) is 0.959. The van der Waals surface area contributed by atoms with E-state index in [0.717, 1.165) is 40.5 Å². The van der Waals surface area contributed by atoms with Crippen LogP contribution < -0.4 is 5.32 Å². The molecule has 0 amide bonds. The Balaban J connectivity index is 2.09. The fourth-order valence-electron chi connectivity index (χ4n) is 1.82. The number of rotatable bonds is 6. The summed E-state index contributed by atoms with van der Waals surface area (Å²) >= 11 is 5.04. The molecule has 1 N–H and O–H groups in total. The minimum absolute atomic E-state index is 0.192. The fourth-order valence-corrected chi connectivity index (χ4v) is 2.76. The molecule has 2 heterocycles. The molecule has 3 nitrogen and oxygen atoms in total. The first-order valence-corrected chi connectivity index (χ1v) is 7.76. The van der Waals surface area contributed by atoms with Crippen molar-refractivity contribution in [2.45, 2.75) is 32.7 Å². The quantitative estimate of drug-likeness (QED) is 0.867. The molecule has 2 rings (SSSR count). The van der Waals surface area contributed by atoms with Crippen molar-refractivity contribution >= 4 is 27.3 Å². The van der Waals surface area contributed by atoms with Gasteiger partial charge in [0.25, 0.3) is 0 Å². The number of aromatic nitrogens is 1. The summed E-state index contributed by atoms with van der Waals surface area (Å²) in [5, 5.41) is 6.74. The van der Waals surface area contributed by atoms with Crippen LogP contribution >= 0.6 is 27.3 Å². The van der Waals surface area contributed by atoms with E-state index in [1.807, 2.05) is 19.1 Å². The van der Waals surface area contributed by atoms with Crippen LogP contribution in [0, 0.1) is 6.92 Å². The Morgan fingerprint density at radius 2 is 2.33 bits per heavy atom. The maximum atomic E-state index is 5.65. The molecule has 5 heteroatoms. The zero-order chi connectivity index (χ0) is 13.0. The Labute approximate surface area is 120 Å². The van der Waals surface area contributed by atoms with Gasteiger partial charge >= 0.3 is 0 Å². The van der Waals surface area contributed by atoms with E-state index in [-0.39, 0.29) is 6.04 Å². The molecule has 0 saturated heterocycles. The topological polar surface area (TPSA) is 38.1 Å². The summed E-state index contributed by atoms with van der Waals surface area (Å²) in [7, 11) is 0. The van der Waals surface area contributed by atoms with Crippen molar-refractivity contribution in [3.63, 3.8) is 0 Å². The molecule has 0 aliphatic rings. The molecule has 2 aromatic rings. The predicted octanol–water partition coefficient (Wildman–Crippen LogP) is 4.09. The molecular formula is C13H17BrN2OS. The van der Waals surface area contributed by atoms with Crippen LogP contribution in [0.5, 0.6) is 0 Å². The zero-order valence-corrected chi connectivity index (χ0v) is 13.0. The highest BCUT2D eigenvalue weighted by atomic mass is 79.9. The fraction of sp³-hybridized carbons (Fsp3) is 0.462. The monoisotopic (exact) mass is 328 g/mol. The molecule has 0 bridgehead atoms. The van der Waals surface area contributed by atoms with Crippen molar-refractivity contribution in [2.75, 3.05) is 6.54 Å². The molecule has 1 unspecified atom stereocenters. The average molecular weight is 329 g/mol. The number of nitrogens with one attached hydrogen (secondary N) is 1. The van der Waals surface area contributed by atoms with E-state index in [1.54, 1.807) is 11.3 Å². The summed E-state index contributed by atoms with van der Waals surface area (Å²) in [6.45, 7) is 5.17. The van der Waals surface area contributed by atoms with Crippen LogP contribution in [-0.2, 0) is 6.42 Å². The van der Waals surface area contributed by atoms with Gasteiger partial charge in [-0.25, -0.2) is 4.98 Å². The van der Waals surface area contributed by atoms with Gasteiger partial charge in [-0.05, 0) is 48.0 Å². The summed E-state index contributed by atoms with van der Waals surface area (Å²) in [6.07, 6.45) is 1.97. The smallest absolute Gasteiger partial charge is 0.169 e. The lowest BCUT2D eigenvalue weighted by Crippen LogP contribution is -2.23. The van der Waals surface area contributed by atoms with E-state index in [1.165, 1.54) is 0 Å². The van der Waals surface area contributed by atoms with Gasteiger partial charge < -0.3 is 9.73 Å². The van der Waals surface area contributed by atoms with Gasteiger partial charge in [-0.3, -0.25) is 0 Å². The normalized spacial score (nSPS) is 12.8.